The molecule has 2 fully saturated rings. The fourth-order valence-corrected chi connectivity index (χ4v) is 7.15. The van der Waals surface area contributed by atoms with Gasteiger partial charge in [0.05, 0.1) is 26.4 Å². The minimum absolute atomic E-state index is 0.0641. The van der Waals surface area contributed by atoms with Crippen LogP contribution in [-0.4, -0.2) is 142 Å². The predicted octanol–water partition coefficient (Wildman–Crippen LogP) is 4.57. The highest BCUT2D eigenvalue weighted by atomic mass is 16.7. The highest BCUT2D eigenvalue weighted by Crippen LogP contribution is 2.26. The van der Waals surface area contributed by atoms with Gasteiger partial charge in [-0.25, -0.2) is 0 Å². The topological polar surface area (TPSA) is 214 Å². The van der Waals surface area contributed by atoms with Gasteiger partial charge in [-0.3, -0.25) is 4.79 Å². The molecule has 11 unspecified atom stereocenters. The highest BCUT2D eigenvalue weighted by molar-refractivity contribution is 5.69. The van der Waals surface area contributed by atoms with Gasteiger partial charge in [0.25, 0.3) is 0 Å². The van der Waals surface area contributed by atoms with Crippen LogP contribution >= 0.6 is 0 Å². The molecule has 7 N–H and O–H groups in total. The fourth-order valence-electron chi connectivity index (χ4n) is 7.15. The van der Waals surface area contributed by atoms with Crippen molar-refractivity contribution in [2.24, 2.45) is 0 Å². The summed E-state index contributed by atoms with van der Waals surface area (Å²) in [5, 5.41) is 71.4. The van der Waals surface area contributed by atoms with Crippen LogP contribution in [0.2, 0.25) is 0 Å². The van der Waals surface area contributed by atoms with Gasteiger partial charge in [-0.05, 0) is 12.8 Å². The van der Waals surface area contributed by atoms with Gasteiger partial charge in [0.2, 0.25) is 0 Å². The summed E-state index contributed by atoms with van der Waals surface area (Å²) in [4.78, 5) is 12.5. The summed E-state index contributed by atoms with van der Waals surface area (Å²) >= 11 is 0. The van der Waals surface area contributed by atoms with Crippen molar-refractivity contribution in [1.82, 2.24) is 0 Å². The maximum absolute atomic E-state index is 12.5. The summed E-state index contributed by atoms with van der Waals surface area (Å²) < 4.78 is 33.7. The van der Waals surface area contributed by atoms with E-state index < -0.39 is 86.7 Å². The molecule has 0 aromatic carbocycles. The summed E-state index contributed by atoms with van der Waals surface area (Å²) in [7, 11) is 0. The number of rotatable bonds is 34. The zero-order chi connectivity index (χ0) is 41.0. The molecule has 2 saturated heterocycles. The van der Waals surface area contributed by atoms with Crippen LogP contribution in [0.4, 0.5) is 0 Å². The van der Waals surface area contributed by atoms with Crippen molar-refractivity contribution in [3.8, 4) is 0 Å². The Morgan fingerprint density at radius 1 is 0.518 bits per heavy atom. The molecule has 0 saturated carbocycles. The lowest BCUT2D eigenvalue weighted by Crippen LogP contribution is -2.61. The van der Waals surface area contributed by atoms with Crippen molar-refractivity contribution in [2.75, 3.05) is 33.0 Å². The predicted molar refractivity (Wildman–Crippen MR) is 211 cm³/mol. The van der Waals surface area contributed by atoms with E-state index in [1.54, 1.807) is 0 Å². The number of ether oxygens (including phenoxy) is 6. The van der Waals surface area contributed by atoms with Gasteiger partial charge < -0.3 is 64.2 Å². The SMILES string of the molecule is CCCCCCCCCCCCCCCCCCCCCCOCC(COC1OC(COC2OC(CO)C(O)C(O)C2O)C(O)C(O)C1O)OC(=O)CCCC. The Labute approximate surface area is 336 Å². The molecule has 0 spiro atoms. The van der Waals surface area contributed by atoms with Crippen molar-refractivity contribution in [3.63, 3.8) is 0 Å². The molecule has 0 bridgehead atoms. The third kappa shape index (κ3) is 20.8. The first kappa shape index (κ1) is 51.1. The summed E-state index contributed by atoms with van der Waals surface area (Å²) in [6, 6.07) is 0. The normalized spacial score (nSPS) is 28.7. The third-order valence-electron chi connectivity index (χ3n) is 10.9. The van der Waals surface area contributed by atoms with Crippen LogP contribution in [0.25, 0.3) is 0 Å². The first-order valence-electron chi connectivity index (χ1n) is 22.1. The summed E-state index contributed by atoms with van der Waals surface area (Å²) in [5.74, 6) is -0.408. The smallest absolute Gasteiger partial charge is 0.306 e. The molecular formula is C42H80O14. The molecule has 0 aromatic rings. The average molecular weight is 809 g/mol. The molecule has 14 nitrogen and oxygen atoms in total. The average Bonchev–Trinajstić information content (AvgIpc) is 3.19. The zero-order valence-electron chi connectivity index (χ0n) is 34.6. The van der Waals surface area contributed by atoms with E-state index in [4.69, 9.17) is 28.4 Å². The van der Waals surface area contributed by atoms with Crippen molar-refractivity contribution < 1.29 is 69.0 Å². The Morgan fingerprint density at radius 3 is 1.43 bits per heavy atom. The second-order valence-corrected chi connectivity index (χ2v) is 15.9. The Kier molecular flexibility index (Phi) is 29.1. The lowest BCUT2D eigenvalue weighted by atomic mass is 9.98. The minimum Gasteiger partial charge on any atom is -0.457 e. The van der Waals surface area contributed by atoms with E-state index in [-0.39, 0.29) is 19.6 Å². The Hall–Kier alpha value is -1.01. The molecule has 0 radical (unpaired) electrons. The van der Waals surface area contributed by atoms with Crippen molar-refractivity contribution in [3.05, 3.63) is 0 Å². The lowest BCUT2D eigenvalue weighted by molar-refractivity contribution is -0.332. The largest absolute Gasteiger partial charge is 0.457 e. The van der Waals surface area contributed by atoms with Crippen LogP contribution < -0.4 is 0 Å². The maximum atomic E-state index is 12.5. The van der Waals surface area contributed by atoms with Gasteiger partial charge in [-0.15, -0.1) is 0 Å². The second-order valence-electron chi connectivity index (χ2n) is 15.9. The molecule has 14 heteroatoms. The van der Waals surface area contributed by atoms with E-state index in [1.807, 2.05) is 6.92 Å². The molecule has 2 rings (SSSR count). The quantitative estimate of drug-likeness (QED) is 0.0351. The van der Waals surface area contributed by atoms with E-state index in [0.29, 0.717) is 13.0 Å². The minimum atomic E-state index is -1.70. The van der Waals surface area contributed by atoms with Gasteiger partial charge in [-0.1, -0.05) is 142 Å². The van der Waals surface area contributed by atoms with E-state index in [9.17, 15) is 40.5 Å². The van der Waals surface area contributed by atoms with Crippen molar-refractivity contribution >= 4 is 5.97 Å². The van der Waals surface area contributed by atoms with Crippen LogP contribution in [0, 0.1) is 0 Å². The number of carbonyl (C=O) groups is 1. The van der Waals surface area contributed by atoms with E-state index in [2.05, 4.69) is 6.92 Å². The third-order valence-corrected chi connectivity index (χ3v) is 10.9. The molecule has 0 aliphatic carbocycles. The van der Waals surface area contributed by atoms with Gasteiger partial charge in [-0.2, -0.15) is 0 Å². The molecule has 56 heavy (non-hydrogen) atoms. The molecule has 2 heterocycles. The maximum Gasteiger partial charge on any atom is 0.306 e. The molecule has 0 amide bonds. The van der Waals surface area contributed by atoms with Crippen molar-refractivity contribution in [1.29, 1.82) is 0 Å². The number of aliphatic hydroxyl groups is 7. The number of unbranched alkanes of at least 4 members (excludes halogenated alkanes) is 20. The molecule has 2 aliphatic heterocycles. The van der Waals surface area contributed by atoms with E-state index in [1.165, 1.54) is 109 Å². The number of hydrogen-bond donors (Lipinski definition) is 7. The second kappa shape index (κ2) is 31.9. The van der Waals surface area contributed by atoms with E-state index >= 15 is 0 Å². The molecule has 332 valence electrons. The molecule has 2 aliphatic rings. The van der Waals surface area contributed by atoms with Gasteiger partial charge in [0.15, 0.2) is 12.6 Å². The highest BCUT2D eigenvalue weighted by Gasteiger charge is 2.47. The van der Waals surface area contributed by atoms with Crippen LogP contribution in [0.5, 0.6) is 0 Å². The van der Waals surface area contributed by atoms with Gasteiger partial charge in [0.1, 0.15) is 54.9 Å². The fraction of sp³-hybridized carbons (Fsp3) is 0.976. The first-order valence-corrected chi connectivity index (χ1v) is 22.1. The number of aliphatic hydroxyl groups excluding tert-OH is 7. The van der Waals surface area contributed by atoms with E-state index in [0.717, 1.165) is 25.7 Å². The molecule has 0 aromatic heterocycles. The summed E-state index contributed by atoms with van der Waals surface area (Å²) in [5.41, 5.74) is 0. The van der Waals surface area contributed by atoms with Crippen molar-refractivity contribution in [2.45, 2.75) is 229 Å². The summed E-state index contributed by atoms with van der Waals surface area (Å²) in [6.07, 6.45) is 11.8. The van der Waals surface area contributed by atoms with Gasteiger partial charge >= 0.3 is 5.97 Å². The Bertz CT molecular complexity index is 943. The molecule has 11 atom stereocenters. The molecular weight excluding hydrogens is 728 g/mol. The van der Waals surface area contributed by atoms with Gasteiger partial charge in [0, 0.05) is 13.0 Å². The standard InChI is InChI=1S/C42H80O14/c1-3-5-7-8-9-10-11-12-13-14-15-16-17-18-19-20-21-22-23-24-26-51-28-31(54-34(44)25-6-4-2)29-52-41-40(50)38(48)36(46)33(56-41)30-53-42-39(49)37(47)35(45)32(27-43)55-42/h31-33,35-43,45-50H,3-30H2,1-2H3. The van der Waals surface area contributed by atoms with Crippen LogP contribution in [0.15, 0.2) is 0 Å². The number of esters is 1. The monoisotopic (exact) mass is 809 g/mol. The lowest BCUT2D eigenvalue weighted by Gasteiger charge is -2.42. The number of carbonyl (C=O) groups excluding carboxylic acids is 1. The summed E-state index contributed by atoms with van der Waals surface area (Å²) in [6.45, 7) is 3.44. The number of hydrogen-bond acceptors (Lipinski definition) is 14. The zero-order valence-corrected chi connectivity index (χ0v) is 34.6. The first-order chi connectivity index (χ1) is 27.1. The van der Waals surface area contributed by atoms with Crippen LogP contribution in [-0.2, 0) is 33.2 Å². The van der Waals surface area contributed by atoms with Crippen LogP contribution in [0.3, 0.4) is 0 Å². The Balaban J connectivity index is 1.62. The van der Waals surface area contributed by atoms with Crippen LogP contribution in [0.1, 0.15) is 162 Å². The Morgan fingerprint density at radius 2 is 0.946 bits per heavy atom.